The molecule has 0 radical (unpaired) electrons. The highest BCUT2D eigenvalue weighted by Crippen LogP contribution is 2.27. The molecule has 1 fully saturated rings. The van der Waals surface area contributed by atoms with Crippen molar-refractivity contribution in [3.63, 3.8) is 0 Å². The second kappa shape index (κ2) is 5.33. The highest BCUT2D eigenvalue weighted by molar-refractivity contribution is 5.94. The van der Waals surface area contributed by atoms with Gasteiger partial charge >= 0.3 is 0 Å². The molecule has 0 aliphatic carbocycles. The van der Waals surface area contributed by atoms with Crippen LogP contribution in [0.3, 0.4) is 0 Å². The van der Waals surface area contributed by atoms with Gasteiger partial charge in [0.05, 0.1) is 11.1 Å². The maximum atomic E-state index is 12.7. The van der Waals surface area contributed by atoms with Crippen LogP contribution in [0.4, 0.5) is 0 Å². The summed E-state index contributed by atoms with van der Waals surface area (Å²) in [4.78, 5) is 17.1. The molecule has 1 atom stereocenters. The fourth-order valence-electron chi connectivity index (χ4n) is 3.19. The SMILES string of the molecule is CCC1(C(=O)Cc2ccnc3ccccc23)CCCN1. The van der Waals surface area contributed by atoms with Gasteiger partial charge in [0.25, 0.3) is 0 Å². The van der Waals surface area contributed by atoms with Gasteiger partial charge in [-0.3, -0.25) is 9.78 Å². The fraction of sp³-hybridized carbons (Fsp3) is 0.412. The van der Waals surface area contributed by atoms with Gasteiger partial charge in [-0.15, -0.1) is 0 Å². The number of hydrogen-bond acceptors (Lipinski definition) is 3. The first-order chi connectivity index (χ1) is 9.75. The van der Waals surface area contributed by atoms with Crippen LogP contribution in [0.2, 0.25) is 0 Å². The van der Waals surface area contributed by atoms with Gasteiger partial charge in [0.2, 0.25) is 0 Å². The average Bonchev–Trinajstić information content (AvgIpc) is 2.98. The molecule has 2 aromatic rings. The largest absolute Gasteiger partial charge is 0.305 e. The number of carbonyl (C=O) groups is 1. The number of Topliss-reactive ketones (excluding diaryl/α,β-unsaturated/α-hetero) is 1. The summed E-state index contributed by atoms with van der Waals surface area (Å²) in [7, 11) is 0. The second-order valence-electron chi connectivity index (χ2n) is 5.55. The smallest absolute Gasteiger partial charge is 0.157 e. The summed E-state index contributed by atoms with van der Waals surface area (Å²) in [5, 5.41) is 4.51. The molecule has 1 aromatic carbocycles. The van der Waals surface area contributed by atoms with E-state index >= 15 is 0 Å². The summed E-state index contributed by atoms with van der Waals surface area (Å²) < 4.78 is 0. The molecule has 0 amide bonds. The molecule has 3 rings (SSSR count). The fourth-order valence-corrected chi connectivity index (χ4v) is 3.19. The molecule has 1 N–H and O–H groups in total. The molecule has 3 nitrogen and oxygen atoms in total. The molecular weight excluding hydrogens is 248 g/mol. The van der Waals surface area contributed by atoms with E-state index in [1.165, 1.54) is 0 Å². The molecule has 1 unspecified atom stereocenters. The summed E-state index contributed by atoms with van der Waals surface area (Å²) in [5.74, 6) is 0.314. The zero-order chi connectivity index (χ0) is 14.0. The number of nitrogens with one attached hydrogen (secondary N) is 1. The number of benzene rings is 1. The molecule has 1 aliphatic rings. The molecule has 1 aliphatic heterocycles. The number of para-hydroxylation sites is 1. The summed E-state index contributed by atoms with van der Waals surface area (Å²) in [6, 6.07) is 9.99. The highest BCUT2D eigenvalue weighted by Gasteiger charge is 2.38. The first-order valence-electron chi connectivity index (χ1n) is 7.36. The van der Waals surface area contributed by atoms with E-state index in [0.29, 0.717) is 12.2 Å². The Morgan fingerprint density at radius 3 is 2.95 bits per heavy atom. The third kappa shape index (κ3) is 2.22. The summed E-state index contributed by atoms with van der Waals surface area (Å²) in [6.45, 7) is 3.05. The van der Waals surface area contributed by atoms with E-state index in [9.17, 15) is 4.79 Å². The van der Waals surface area contributed by atoms with E-state index in [4.69, 9.17) is 0 Å². The van der Waals surface area contributed by atoms with Gasteiger partial charge in [0.15, 0.2) is 5.78 Å². The molecule has 0 saturated carbocycles. The minimum atomic E-state index is -0.301. The van der Waals surface area contributed by atoms with Gasteiger partial charge in [0.1, 0.15) is 0 Å². The van der Waals surface area contributed by atoms with Crippen LogP contribution in [0.1, 0.15) is 31.7 Å². The molecule has 1 saturated heterocycles. The van der Waals surface area contributed by atoms with E-state index in [2.05, 4.69) is 17.2 Å². The zero-order valence-corrected chi connectivity index (χ0v) is 11.9. The summed E-state index contributed by atoms with van der Waals surface area (Å²) in [5.41, 5.74) is 1.74. The van der Waals surface area contributed by atoms with Crippen LogP contribution < -0.4 is 5.32 Å². The van der Waals surface area contributed by atoms with Gasteiger partial charge in [-0.05, 0) is 43.5 Å². The molecule has 0 spiro atoms. The van der Waals surface area contributed by atoms with E-state index in [1.807, 2.05) is 30.3 Å². The van der Waals surface area contributed by atoms with Crippen molar-refractivity contribution in [3.8, 4) is 0 Å². The van der Waals surface area contributed by atoms with Crippen LogP contribution in [0.5, 0.6) is 0 Å². The predicted octanol–water partition coefficient (Wildman–Crippen LogP) is 2.88. The van der Waals surface area contributed by atoms with Crippen LogP contribution in [0, 0.1) is 0 Å². The van der Waals surface area contributed by atoms with Crippen LogP contribution >= 0.6 is 0 Å². The Kier molecular flexibility index (Phi) is 3.53. The monoisotopic (exact) mass is 268 g/mol. The number of nitrogens with zero attached hydrogens (tertiary/aromatic N) is 1. The Hall–Kier alpha value is -1.74. The van der Waals surface area contributed by atoms with Crippen LogP contribution in [0.25, 0.3) is 10.9 Å². The standard InChI is InChI=1S/C17H20N2O/c1-2-17(9-5-10-19-17)16(20)12-13-8-11-18-15-7-4-3-6-14(13)15/h3-4,6-8,11,19H,2,5,9-10,12H2,1H3. The highest BCUT2D eigenvalue weighted by atomic mass is 16.1. The minimum absolute atomic E-state index is 0.301. The topological polar surface area (TPSA) is 42.0 Å². The maximum Gasteiger partial charge on any atom is 0.157 e. The molecule has 20 heavy (non-hydrogen) atoms. The van der Waals surface area contributed by atoms with Crippen LogP contribution in [0.15, 0.2) is 36.5 Å². The number of aromatic nitrogens is 1. The van der Waals surface area contributed by atoms with Crippen molar-refractivity contribution < 1.29 is 4.79 Å². The Balaban J connectivity index is 1.91. The lowest BCUT2D eigenvalue weighted by atomic mass is 9.85. The third-order valence-corrected chi connectivity index (χ3v) is 4.47. The average molecular weight is 268 g/mol. The van der Waals surface area contributed by atoms with E-state index in [0.717, 1.165) is 42.3 Å². The molecule has 104 valence electrons. The minimum Gasteiger partial charge on any atom is -0.305 e. The number of pyridine rings is 1. The van der Waals surface area contributed by atoms with Crippen molar-refractivity contribution in [1.29, 1.82) is 0 Å². The zero-order valence-electron chi connectivity index (χ0n) is 11.9. The molecule has 0 bridgehead atoms. The number of fused-ring (bicyclic) bond motifs is 1. The normalized spacial score (nSPS) is 22.2. The van der Waals surface area contributed by atoms with Crippen molar-refractivity contribution in [2.24, 2.45) is 0 Å². The second-order valence-corrected chi connectivity index (χ2v) is 5.55. The van der Waals surface area contributed by atoms with E-state index in [1.54, 1.807) is 6.20 Å². The molecule has 2 heterocycles. The van der Waals surface area contributed by atoms with Gasteiger partial charge in [-0.25, -0.2) is 0 Å². The number of rotatable bonds is 4. The van der Waals surface area contributed by atoms with Gasteiger partial charge in [0, 0.05) is 18.0 Å². The van der Waals surface area contributed by atoms with Gasteiger partial charge in [-0.2, -0.15) is 0 Å². The third-order valence-electron chi connectivity index (χ3n) is 4.47. The first-order valence-corrected chi connectivity index (χ1v) is 7.36. The summed E-state index contributed by atoms with van der Waals surface area (Å²) in [6.07, 6.45) is 5.21. The van der Waals surface area contributed by atoms with Crippen molar-refractivity contribution in [3.05, 3.63) is 42.1 Å². The van der Waals surface area contributed by atoms with Crippen molar-refractivity contribution in [2.75, 3.05) is 6.54 Å². The van der Waals surface area contributed by atoms with E-state index < -0.39 is 0 Å². The Bertz CT molecular complexity index is 624. The Labute approximate surface area is 119 Å². The summed E-state index contributed by atoms with van der Waals surface area (Å²) >= 11 is 0. The van der Waals surface area contributed by atoms with Crippen molar-refractivity contribution >= 4 is 16.7 Å². The number of ketones is 1. The number of carbonyl (C=O) groups excluding carboxylic acids is 1. The Morgan fingerprint density at radius 2 is 2.20 bits per heavy atom. The van der Waals surface area contributed by atoms with E-state index in [-0.39, 0.29) is 5.54 Å². The van der Waals surface area contributed by atoms with Gasteiger partial charge < -0.3 is 5.32 Å². The lowest BCUT2D eigenvalue weighted by Crippen LogP contribution is -2.47. The van der Waals surface area contributed by atoms with Crippen LogP contribution in [-0.4, -0.2) is 22.9 Å². The first kappa shape index (κ1) is 13.3. The van der Waals surface area contributed by atoms with Gasteiger partial charge in [-0.1, -0.05) is 25.1 Å². The quantitative estimate of drug-likeness (QED) is 0.927. The lowest BCUT2D eigenvalue weighted by Gasteiger charge is -2.26. The van der Waals surface area contributed by atoms with Crippen LogP contribution in [-0.2, 0) is 11.2 Å². The molecule has 1 aromatic heterocycles. The maximum absolute atomic E-state index is 12.7. The predicted molar refractivity (Wildman–Crippen MR) is 80.7 cm³/mol. The van der Waals surface area contributed by atoms with Crippen molar-refractivity contribution in [1.82, 2.24) is 10.3 Å². The molecule has 3 heteroatoms. The Morgan fingerprint density at radius 1 is 1.35 bits per heavy atom. The lowest BCUT2D eigenvalue weighted by molar-refractivity contribution is -0.124. The number of hydrogen-bond donors (Lipinski definition) is 1. The molecular formula is C17H20N2O. The van der Waals surface area contributed by atoms with Crippen molar-refractivity contribution in [2.45, 2.75) is 38.1 Å².